The summed E-state index contributed by atoms with van der Waals surface area (Å²) >= 11 is 0. The molecule has 0 saturated carbocycles. The molecule has 0 aromatic heterocycles. The van der Waals surface area contributed by atoms with E-state index in [2.05, 4.69) is 36.2 Å². The van der Waals surface area contributed by atoms with Crippen LogP contribution in [0.3, 0.4) is 0 Å². The summed E-state index contributed by atoms with van der Waals surface area (Å²) < 4.78 is 0. The van der Waals surface area contributed by atoms with Gasteiger partial charge in [0.1, 0.15) is 0 Å². The molecule has 76 valence electrons. The van der Waals surface area contributed by atoms with Crippen LogP contribution in [0.1, 0.15) is 38.3 Å². The molecule has 1 aliphatic rings. The molecule has 0 saturated heterocycles. The standard InChI is InChI=1S/C11H13N.C2H6/c1-2-11-7-9-5-3-4-6-10(9)8-12-11;1-2/h3-6,8,11H,2,7H2,1H3;1-2H3. The monoisotopic (exact) mass is 189 g/mol. The van der Waals surface area contributed by atoms with E-state index >= 15 is 0 Å². The predicted molar refractivity (Wildman–Crippen MR) is 63.2 cm³/mol. The summed E-state index contributed by atoms with van der Waals surface area (Å²) in [5.74, 6) is 0. The lowest BCUT2D eigenvalue weighted by Gasteiger charge is -2.16. The van der Waals surface area contributed by atoms with E-state index in [0.29, 0.717) is 6.04 Å². The van der Waals surface area contributed by atoms with Gasteiger partial charge in [-0.2, -0.15) is 0 Å². The lowest BCUT2D eigenvalue weighted by atomic mass is 9.97. The Labute approximate surface area is 86.9 Å². The van der Waals surface area contributed by atoms with Crippen molar-refractivity contribution in [2.45, 2.75) is 39.7 Å². The summed E-state index contributed by atoms with van der Waals surface area (Å²) in [6.45, 7) is 6.19. The number of benzene rings is 1. The first-order valence-electron chi connectivity index (χ1n) is 5.51. The SMILES string of the molecule is CC.CCC1Cc2ccccc2C=N1. The molecule has 1 heterocycles. The Kier molecular flexibility index (Phi) is 4.37. The Morgan fingerprint density at radius 1 is 1.29 bits per heavy atom. The Balaban J connectivity index is 0.000000461. The van der Waals surface area contributed by atoms with Crippen molar-refractivity contribution in [2.75, 3.05) is 0 Å². The van der Waals surface area contributed by atoms with E-state index in [4.69, 9.17) is 0 Å². The zero-order valence-corrected chi connectivity index (χ0v) is 9.33. The number of hydrogen-bond donors (Lipinski definition) is 0. The average molecular weight is 189 g/mol. The van der Waals surface area contributed by atoms with Gasteiger partial charge in [-0.3, -0.25) is 4.99 Å². The van der Waals surface area contributed by atoms with Gasteiger partial charge in [-0.1, -0.05) is 45.0 Å². The summed E-state index contributed by atoms with van der Waals surface area (Å²) in [6.07, 6.45) is 4.26. The van der Waals surface area contributed by atoms with Crippen molar-refractivity contribution in [3.8, 4) is 0 Å². The van der Waals surface area contributed by atoms with Gasteiger partial charge in [0.2, 0.25) is 0 Å². The number of aliphatic imine (C=N–C) groups is 1. The van der Waals surface area contributed by atoms with Crippen LogP contribution in [0.4, 0.5) is 0 Å². The number of nitrogens with zero attached hydrogens (tertiary/aromatic N) is 1. The molecule has 0 spiro atoms. The molecule has 0 fully saturated rings. The summed E-state index contributed by atoms with van der Waals surface area (Å²) in [6, 6.07) is 9.01. The summed E-state index contributed by atoms with van der Waals surface area (Å²) in [7, 11) is 0. The number of hydrogen-bond acceptors (Lipinski definition) is 1. The van der Waals surface area contributed by atoms with Crippen molar-refractivity contribution in [1.29, 1.82) is 0 Å². The molecule has 0 bridgehead atoms. The topological polar surface area (TPSA) is 12.4 Å². The van der Waals surface area contributed by atoms with Crippen LogP contribution in [-0.4, -0.2) is 12.3 Å². The highest BCUT2D eigenvalue weighted by Gasteiger charge is 2.11. The molecular formula is C13H19N. The van der Waals surface area contributed by atoms with Gasteiger partial charge >= 0.3 is 0 Å². The second-order valence-electron chi connectivity index (χ2n) is 3.24. The van der Waals surface area contributed by atoms with Gasteiger partial charge in [0, 0.05) is 6.21 Å². The number of rotatable bonds is 1. The molecule has 1 heteroatoms. The highest BCUT2D eigenvalue weighted by atomic mass is 14.8. The van der Waals surface area contributed by atoms with E-state index in [-0.39, 0.29) is 0 Å². The largest absolute Gasteiger partial charge is 0.289 e. The Morgan fingerprint density at radius 2 is 2.00 bits per heavy atom. The lowest BCUT2D eigenvalue weighted by Crippen LogP contribution is -2.13. The average Bonchev–Trinajstić information content (AvgIpc) is 2.31. The molecule has 0 aliphatic carbocycles. The zero-order chi connectivity index (χ0) is 10.4. The van der Waals surface area contributed by atoms with Crippen LogP contribution in [0.2, 0.25) is 0 Å². The normalized spacial score (nSPS) is 18.1. The lowest BCUT2D eigenvalue weighted by molar-refractivity contribution is 0.644. The predicted octanol–water partition coefficient (Wildman–Crippen LogP) is 3.47. The van der Waals surface area contributed by atoms with Crippen LogP contribution in [0.15, 0.2) is 29.3 Å². The van der Waals surface area contributed by atoms with E-state index in [9.17, 15) is 0 Å². The second-order valence-corrected chi connectivity index (χ2v) is 3.24. The Bertz CT molecular complexity index is 302. The third kappa shape index (κ3) is 2.44. The number of fused-ring (bicyclic) bond motifs is 1. The van der Waals surface area contributed by atoms with Gasteiger partial charge in [0.05, 0.1) is 6.04 Å². The van der Waals surface area contributed by atoms with Gasteiger partial charge in [-0.05, 0) is 24.0 Å². The highest BCUT2D eigenvalue weighted by Crippen LogP contribution is 2.17. The third-order valence-electron chi connectivity index (χ3n) is 2.41. The fourth-order valence-electron chi connectivity index (χ4n) is 1.59. The quantitative estimate of drug-likeness (QED) is 0.641. The van der Waals surface area contributed by atoms with Gasteiger partial charge in [-0.25, -0.2) is 0 Å². The maximum atomic E-state index is 4.46. The van der Waals surface area contributed by atoms with Crippen molar-refractivity contribution in [3.05, 3.63) is 35.4 Å². The van der Waals surface area contributed by atoms with Gasteiger partial charge in [0.15, 0.2) is 0 Å². The molecule has 14 heavy (non-hydrogen) atoms. The van der Waals surface area contributed by atoms with Crippen LogP contribution in [0.5, 0.6) is 0 Å². The molecule has 1 aromatic carbocycles. The van der Waals surface area contributed by atoms with Crippen molar-refractivity contribution in [1.82, 2.24) is 0 Å². The third-order valence-corrected chi connectivity index (χ3v) is 2.41. The molecule has 0 N–H and O–H groups in total. The summed E-state index contributed by atoms with van der Waals surface area (Å²) in [5, 5.41) is 0. The molecule has 0 amide bonds. The molecular weight excluding hydrogens is 170 g/mol. The van der Waals surface area contributed by atoms with Crippen LogP contribution in [-0.2, 0) is 6.42 Å². The van der Waals surface area contributed by atoms with Gasteiger partial charge in [-0.15, -0.1) is 0 Å². The minimum absolute atomic E-state index is 0.514. The first-order chi connectivity index (χ1) is 6.90. The van der Waals surface area contributed by atoms with E-state index in [1.165, 1.54) is 11.1 Å². The maximum Gasteiger partial charge on any atom is 0.0537 e. The first-order valence-corrected chi connectivity index (χ1v) is 5.51. The highest BCUT2D eigenvalue weighted by molar-refractivity contribution is 5.83. The Morgan fingerprint density at radius 3 is 2.71 bits per heavy atom. The molecule has 0 radical (unpaired) electrons. The van der Waals surface area contributed by atoms with Crippen LogP contribution >= 0.6 is 0 Å². The molecule has 1 atom stereocenters. The van der Waals surface area contributed by atoms with Crippen LogP contribution < -0.4 is 0 Å². The molecule has 2 rings (SSSR count). The summed E-state index contributed by atoms with van der Waals surface area (Å²) in [4.78, 5) is 4.46. The molecule has 1 aromatic rings. The first kappa shape index (κ1) is 11.0. The minimum atomic E-state index is 0.514. The second kappa shape index (κ2) is 5.58. The molecule has 1 unspecified atom stereocenters. The van der Waals surface area contributed by atoms with E-state index in [0.717, 1.165) is 12.8 Å². The smallest absolute Gasteiger partial charge is 0.0537 e. The molecule has 1 aliphatic heterocycles. The van der Waals surface area contributed by atoms with Crippen molar-refractivity contribution in [3.63, 3.8) is 0 Å². The maximum absolute atomic E-state index is 4.46. The Hall–Kier alpha value is -1.11. The van der Waals surface area contributed by atoms with E-state index in [1.807, 2.05) is 20.1 Å². The van der Waals surface area contributed by atoms with Crippen molar-refractivity contribution >= 4 is 6.21 Å². The van der Waals surface area contributed by atoms with Crippen LogP contribution in [0, 0.1) is 0 Å². The van der Waals surface area contributed by atoms with Crippen molar-refractivity contribution in [2.24, 2.45) is 4.99 Å². The van der Waals surface area contributed by atoms with E-state index < -0.39 is 0 Å². The van der Waals surface area contributed by atoms with Gasteiger partial charge in [0.25, 0.3) is 0 Å². The fraction of sp³-hybridized carbons (Fsp3) is 0.462. The van der Waals surface area contributed by atoms with Crippen LogP contribution in [0.25, 0.3) is 0 Å². The van der Waals surface area contributed by atoms with Crippen molar-refractivity contribution < 1.29 is 0 Å². The fourth-order valence-corrected chi connectivity index (χ4v) is 1.59. The van der Waals surface area contributed by atoms with E-state index in [1.54, 1.807) is 0 Å². The zero-order valence-electron chi connectivity index (χ0n) is 9.33. The summed E-state index contributed by atoms with van der Waals surface area (Å²) in [5.41, 5.74) is 2.74. The molecule has 1 nitrogen and oxygen atoms in total. The van der Waals surface area contributed by atoms with Gasteiger partial charge < -0.3 is 0 Å². The minimum Gasteiger partial charge on any atom is -0.289 e.